The molecule has 5 nitrogen and oxygen atoms in total. The molecule has 4 rings (SSSR count). The summed E-state index contributed by atoms with van der Waals surface area (Å²) in [5, 5.41) is 0. The summed E-state index contributed by atoms with van der Waals surface area (Å²) in [5.74, 6) is -0.243. The summed E-state index contributed by atoms with van der Waals surface area (Å²) < 4.78 is 0. The molecule has 2 aromatic carbocycles. The topological polar surface area (TPSA) is 66.6 Å². The van der Waals surface area contributed by atoms with E-state index in [9.17, 15) is 9.59 Å². The molecule has 1 atom stereocenters. The van der Waals surface area contributed by atoms with Crippen LogP contribution in [0.4, 0.5) is 0 Å². The maximum Gasteiger partial charge on any atom is 0.248 e. The lowest BCUT2D eigenvalue weighted by Gasteiger charge is -2.34. The van der Waals surface area contributed by atoms with Crippen LogP contribution in [0.25, 0.3) is 0 Å². The van der Waals surface area contributed by atoms with Gasteiger partial charge in [-0.25, -0.2) is 0 Å². The van der Waals surface area contributed by atoms with Crippen molar-refractivity contribution >= 4 is 11.8 Å². The maximum atomic E-state index is 13.2. The summed E-state index contributed by atoms with van der Waals surface area (Å²) in [6.45, 7) is 1.14. The van der Waals surface area contributed by atoms with E-state index in [1.165, 1.54) is 11.1 Å². The largest absolute Gasteiger partial charge is 0.366 e. The van der Waals surface area contributed by atoms with E-state index in [1.54, 1.807) is 12.1 Å². The first-order valence-electron chi connectivity index (χ1n) is 10.5. The number of fused-ring (bicyclic) bond motifs is 1. The standard InChI is InChI=1S/C24H29N3O2/c1-26(22-8-4-6-18-5-2-3-7-21(18)22)23(28)16-27(20-13-14-20)15-17-9-11-19(12-10-17)24(25)29/h2-3,5,7,9-12,20,22H,4,6,8,13-16H2,1H3,(H2,25,29). The van der Waals surface area contributed by atoms with E-state index in [-0.39, 0.29) is 11.9 Å². The van der Waals surface area contributed by atoms with Gasteiger partial charge in [0, 0.05) is 25.2 Å². The first kappa shape index (κ1) is 19.6. The van der Waals surface area contributed by atoms with Crippen LogP contribution in [0.5, 0.6) is 0 Å². The Hall–Kier alpha value is -2.66. The molecule has 2 aliphatic rings. The molecule has 0 aromatic heterocycles. The average Bonchev–Trinajstić information content (AvgIpc) is 3.58. The van der Waals surface area contributed by atoms with Crippen LogP contribution in [0.3, 0.4) is 0 Å². The van der Waals surface area contributed by atoms with Gasteiger partial charge in [0.1, 0.15) is 0 Å². The molecule has 1 fully saturated rings. The molecule has 0 saturated heterocycles. The lowest BCUT2D eigenvalue weighted by atomic mass is 9.87. The Bertz CT molecular complexity index is 889. The zero-order valence-corrected chi connectivity index (χ0v) is 17.0. The summed E-state index contributed by atoms with van der Waals surface area (Å²) in [4.78, 5) is 28.6. The Labute approximate surface area is 172 Å². The minimum atomic E-state index is -0.417. The second-order valence-electron chi connectivity index (χ2n) is 8.31. The highest BCUT2D eigenvalue weighted by atomic mass is 16.2. The molecule has 0 spiro atoms. The van der Waals surface area contributed by atoms with Gasteiger partial charge in [0.15, 0.2) is 0 Å². The van der Waals surface area contributed by atoms with Gasteiger partial charge in [-0.15, -0.1) is 0 Å². The van der Waals surface area contributed by atoms with Gasteiger partial charge in [0.05, 0.1) is 12.6 Å². The molecule has 5 heteroatoms. The highest BCUT2D eigenvalue weighted by Gasteiger charge is 2.33. The van der Waals surface area contributed by atoms with E-state index in [0.29, 0.717) is 24.7 Å². The normalized spacial score (nSPS) is 18.3. The number of primary amides is 1. The van der Waals surface area contributed by atoms with E-state index < -0.39 is 5.91 Å². The highest BCUT2D eigenvalue weighted by molar-refractivity contribution is 5.92. The van der Waals surface area contributed by atoms with Gasteiger partial charge in [0.2, 0.25) is 11.8 Å². The number of hydrogen-bond donors (Lipinski definition) is 1. The molecule has 2 N–H and O–H groups in total. The Morgan fingerprint density at radius 1 is 1.03 bits per heavy atom. The molecule has 0 bridgehead atoms. The minimum absolute atomic E-state index is 0.170. The molecule has 2 aromatic rings. The zero-order valence-electron chi connectivity index (χ0n) is 17.0. The van der Waals surface area contributed by atoms with Crippen molar-refractivity contribution in [1.82, 2.24) is 9.80 Å². The Morgan fingerprint density at radius 3 is 2.45 bits per heavy atom. The number of rotatable bonds is 7. The van der Waals surface area contributed by atoms with E-state index in [1.807, 2.05) is 24.1 Å². The van der Waals surface area contributed by atoms with Crippen LogP contribution < -0.4 is 5.73 Å². The Morgan fingerprint density at radius 2 is 1.76 bits per heavy atom. The molecular weight excluding hydrogens is 362 g/mol. The molecule has 2 aliphatic carbocycles. The summed E-state index contributed by atoms with van der Waals surface area (Å²) in [6.07, 6.45) is 5.53. The summed E-state index contributed by atoms with van der Waals surface area (Å²) in [5.41, 5.74) is 9.61. The molecule has 29 heavy (non-hydrogen) atoms. The number of nitrogens with zero attached hydrogens (tertiary/aromatic N) is 2. The Balaban J connectivity index is 1.43. The molecule has 1 saturated carbocycles. The quantitative estimate of drug-likeness (QED) is 0.788. The van der Waals surface area contributed by atoms with E-state index in [4.69, 9.17) is 5.73 Å². The van der Waals surface area contributed by atoms with Crippen LogP contribution in [-0.2, 0) is 17.8 Å². The van der Waals surface area contributed by atoms with Gasteiger partial charge in [-0.2, -0.15) is 0 Å². The fraction of sp³-hybridized carbons (Fsp3) is 0.417. The van der Waals surface area contributed by atoms with Gasteiger partial charge >= 0.3 is 0 Å². The molecule has 0 heterocycles. The van der Waals surface area contributed by atoms with Crippen LogP contribution >= 0.6 is 0 Å². The third-order valence-corrected chi connectivity index (χ3v) is 6.22. The zero-order chi connectivity index (χ0) is 20.4. The third-order valence-electron chi connectivity index (χ3n) is 6.22. The molecule has 152 valence electrons. The van der Waals surface area contributed by atoms with Crippen molar-refractivity contribution in [2.75, 3.05) is 13.6 Å². The van der Waals surface area contributed by atoms with E-state index in [2.05, 4.69) is 29.2 Å². The fourth-order valence-corrected chi connectivity index (χ4v) is 4.35. The van der Waals surface area contributed by atoms with Crippen molar-refractivity contribution in [1.29, 1.82) is 0 Å². The van der Waals surface area contributed by atoms with Crippen molar-refractivity contribution in [3.63, 3.8) is 0 Å². The molecule has 0 aliphatic heterocycles. The summed E-state index contributed by atoms with van der Waals surface area (Å²) in [7, 11) is 1.95. The molecule has 1 unspecified atom stereocenters. The van der Waals surface area contributed by atoms with Crippen molar-refractivity contribution in [3.8, 4) is 0 Å². The average molecular weight is 392 g/mol. The smallest absolute Gasteiger partial charge is 0.248 e. The van der Waals surface area contributed by atoms with Crippen LogP contribution in [0, 0.1) is 0 Å². The van der Waals surface area contributed by atoms with Crippen molar-refractivity contribution in [2.24, 2.45) is 5.73 Å². The van der Waals surface area contributed by atoms with Gasteiger partial charge in [0.25, 0.3) is 0 Å². The predicted molar refractivity (Wildman–Crippen MR) is 113 cm³/mol. The monoisotopic (exact) mass is 391 g/mol. The summed E-state index contributed by atoms with van der Waals surface area (Å²) >= 11 is 0. The number of benzene rings is 2. The number of amides is 2. The van der Waals surface area contributed by atoms with Gasteiger partial charge in [-0.05, 0) is 60.9 Å². The van der Waals surface area contributed by atoms with Gasteiger partial charge in [-0.1, -0.05) is 36.4 Å². The van der Waals surface area contributed by atoms with Gasteiger partial charge in [-0.3, -0.25) is 14.5 Å². The van der Waals surface area contributed by atoms with Crippen LogP contribution in [-0.4, -0.2) is 41.2 Å². The first-order valence-corrected chi connectivity index (χ1v) is 10.5. The van der Waals surface area contributed by atoms with Crippen LogP contribution in [0.2, 0.25) is 0 Å². The van der Waals surface area contributed by atoms with Crippen LogP contribution in [0.1, 0.15) is 58.8 Å². The fourth-order valence-electron chi connectivity index (χ4n) is 4.35. The Kier molecular flexibility index (Phi) is 5.67. The second-order valence-corrected chi connectivity index (χ2v) is 8.31. The van der Waals surface area contributed by atoms with Crippen LogP contribution in [0.15, 0.2) is 48.5 Å². The van der Waals surface area contributed by atoms with Crippen molar-refractivity contribution in [3.05, 3.63) is 70.8 Å². The van der Waals surface area contributed by atoms with E-state index in [0.717, 1.165) is 37.7 Å². The minimum Gasteiger partial charge on any atom is -0.366 e. The summed E-state index contributed by atoms with van der Waals surface area (Å²) in [6, 6.07) is 16.5. The maximum absolute atomic E-state index is 13.2. The lowest BCUT2D eigenvalue weighted by Crippen LogP contribution is -2.41. The number of hydrogen-bond acceptors (Lipinski definition) is 3. The van der Waals surface area contributed by atoms with Crippen molar-refractivity contribution in [2.45, 2.75) is 50.7 Å². The lowest BCUT2D eigenvalue weighted by molar-refractivity contribution is -0.134. The SMILES string of the molecule is CN(C(=O)CN(Cc1ccc(C(N)=O)cc1)C1CC1)C1CCCc2ccccc21. The molecule has 0 radical (unpaired) electrons. The molecular formula is C24H29N3O2. The molecule has 2 amide bonds. The third kappa shape index (κ3) is 4.51. The second kappa shape index (κ2) is 8.37. The number of likely N-dealkylation sites (N-methyl/N-ethyl adjacent to an activating group) is 1. The number of nitrogens with two attached hydrogens (primary N) is 1. The van der Waals surface area contributed by atoms with Crippen molar-refractivity contribution < 1.29 is 9.59 Å². The number of carbonyl (C=O) groups excluding carboxylic acids is 2. The van der Waals surface area contributed by atoms with Gasteiger partial charge < -0.3 is 10.6 Å². The van der Waals surface area contributed by atoms with E-state index >= 15 is 0 Å². The number of aryl methyl sites for hydroxylation is 1. The first-order chi connectivity index (χ1) is 14.0. The number of carbonyl (C=O) groups is 2. The predicted octanol–water partition coefficient (Wildman–Crippen LogP) is 3.29. The highest BCUT2D eigenvalue weighted by Crippen LogP contribution is 2.34.